The number of nitrogens with one attached hydrogen (secondary N) is 1. The molecule has 0 aliphatic carbocycles. The van der Waals surface area contributed by atoms with Gasteiger partial charge in [0.2, 0.25) is 0 Å². The van der Waals surface area contributed by atoms with Crippen LogP contribution >= 0.6 is 11.6 Å². The van der Waals surface area contributed by atoms with E-state index in [0.717, 1.165) is 12.1 Å². The van der Waals surface area contributed by atoms with Crippen molar-refractivity contribution in [3.05, 3.63) is 34.6 Å². The van der Waals surface area contributed by atoms with E-state index in [-0.39, 0.29) is 16.9 Å². The van der Waals surface area contributed by atoms with Crippen LogP contribution in [0.1, 0.15) is 32.4 Å². The minimum atomic E-state index is -0.364. The molecule has 0 saturated carbocycles. The fourth-order valence-electron chi connectivity index (χ4n) is 1.31. The molecule has 15 heavy (non-hydrogen) atoms. The van der Waals surface area contributed by atoms with Crippen molar-refractivity contribution in [2.24, 2.45) is 5.92 Å². The molecule has 0 unspecified atom stereocenters. The summed E-state index contributed by atoms with van der Waals surface area (Å²) < 4.78 is 12.9. The summed E-state index contributed by atoms with van der Waals surface area (Å²) in [5, 5.41) is 3.55. The Kier molecular flexibility index (Phi) is 4.55. The Bertz CT molecular complexity index is 325. The van der Waals surface area contributed by atoms with Crippen molar-refractivity contribution in [2.75, 3.05) is 6.54 Å². The van der Waals surface area contributed by atoms with E-state index in [9.17, 15) is 4.39 Å². The summed E-state index contributed by atoms with van der Waals surface area (Å²) in [6, 6.07) is 5.05. The van der Waals surface area contributed by atoms with Crippen LogP contribution in [0, 0.1) is 11.7 Å². The van der Waals surface area contributed by atoms with Gasteiger partial charge in [0.1, 0.15) is 5.82 Å². The summed E-state index contributed by atoms with van der Waals surface area (Å²) in [4.78, 5) is 0. The fourth-order valence-corrected chi connectivity index (χ4v) is 1.50. The third-order valence-corrected chi connectivity index (χ3v) is 2.57. The van der Waals surface area contributed by atoms with E-state index in [4.69, 9.17) is 11.6 Å². The first kappa shape index (κ1) is 12.5. The predicted octanol–water partition coefficient (Wildman–Crippen LogP) is 3.79. The molecule has 0 bridgehead atoms. The molecule has 0 heterocycles. The predicted molar refractivity (Wildman–Crippen MR) is 62.7 cm³/mol. The van der Waals surface area contributed by atoms with Gasteiger partial charge in [-0.3, -0.25) is 0 Å². The third-order valence-electron chi connectivity index (χ3n) is 2.28. The van der Waals surface area contributed by atoms with Crippen molar-refractivity contribution < 1.29 is 4.39 Å². The van der Waals surface area contributed by atoms with Gasteiger partial charge < -0.3 is 5.32 Å². The summed E-state index contributed by atoms with van der Waals surface area (Å²) in [5.74, 6) is 0.236. The Morgan fingerprint density at radius 3 is 2.53 bits per heavy atom. The Hall–Kier alpha value is -0.600. The van der Waals surface area contributed by atoms with Crippen LogP contribution in [0.4, 0.5) is 4.39 Å². The highest BCUT2D eigenvalue weighted by molar-refractivity contribution is 6.30. The maximum atomic E-state index is 12.9. The van der Waals surface area contributed by atoms with E-state index in [1.165, 1.54) is 6.07 Å². The second-order valence-corrected chi connectivity index (χ2v) is 4.60. The Morgan fingerprint density at radius 1 is 1.33 bits per heavy atom. The summed E-state index contributed by atoms with van der Waals surface area (Å²) in [6.45, 7) is 7.29. The van der Waals surface area contributed by atoms with Gasteiger partial charge in [-0.25, -0.2) is 4.39 Å². The molecule has 1 rings (SSSR count). The molecule has 1 N–H and O–H groups in total. The van der Waals surface area contributed by atoms with E-state index >= 15 is 0 Å². The van der Waals surface area contributed by atoms with Gasteiger partial charge in [-0.2, -0.15) is 0 Å². The maximum absolute atomic E-state index is 12.9. The van der Waals surface area contributed by atoms with Crippen LogP contribution in [0.25, 0.3) is 0 Å². The van der Waals surface area contributed by atoms with Gasteiger partial charge in [0.25, 0.3) is 0 Å². The van der Waals surface area contributed by atoms with Gasteiger partial charge in [-0.15, -0.1) is 0 Å². The van der Waals surface area contributed by atoms with E-state index in [2.05, 4.69) is 19.2 Å². The van der Waals surface area contributed by atoms with Crippen LogP contribution < -0.4 is 5.32 Å². The zero-order chi connectivity index (χ0) is 11.4. The van der Waals surface area contributed by atoms with E-state index in [1.807, 2.05) is 6.92 Å². The van der Waals surface area contributed by atoms with Crippen LogP contribution in [-0.2, 0) is 0 Å². The number of benzene rings is 1. The molecule has 0 aliphatic rings. The average molecular weight is 230 g/mol. The van der Waals surface area contributed by atoms with Gasteiger partial charge >= 0.3 is 0 Å². The molecule has 84 valence electrons. The standard InChI is InChI=1S/C12H17ClFN/c1-8(2)7-15-9(3)10-4-5-12(14)11(13)6-10/h4-6,8-9,15H,7H2,1-3H3/t9-/m0/s1. The molecular weight excluding hydrogens is 213 g/mol. The lowest BCUT2D eigenvalue weighted by Crippen LogP contribution is -2.23. The second-order valence-electron chi connectivity index (χ2n) is 4.20. The molecule has 1 atom stereocenters. The number of rotatable bonds is 4. The molecule has 0 aliphatic heterocycles. The summed E-state index contributed by atoms with van der Waals surface area (Å²) in [6.07, 6.45) is 0. The van der Waals surface area contributed by atoms with Crippen molar-refractivity contribution >= 4 is 11.6 Å². The SMILES string of the molecule is CC(C)CN[C@@H](C)c1ccc(F)c(Cl)c1. The van der Waals surface area contributed by atoms with Gasteiger partial charge in [-0.1, -0.05) is 31.5 Å². The zero-order valence-electron chi connectivity index (χ0n) is 9.35. The average Bonchev–Trinajstić information content (AvgIpc) is 2.18. The lowest BCUT2D eigenvalue weighted by Gasteiger charge is -2.16. The van der Waals surface area contributed by atoms with Crippen LogP contribution in [0.3, 0.4) is 0 Å². The lowest BCUT2D eigenvalue weighted by atomic mass is 10.1. The van der Waals surface area contributed by atoms with Crippen LogP contribution in [0.15, 0.2) is 18.2 Å². The van der Waals surface area contributed by atoms with E-state index < -0.39 is 0 Å². The summed E-state index contributed by atoms with van der Waals surface area (Å²) in [5.41, 5.74) is 1.02. The lowest BCUT2D eigenvalue weighted by molar-refractivity contribution is 0.495. The fraction of sp³-hybridized carbons (Fsp3) is 0.500. The molecule has 0 spiro atoms. The molecule has 1 nitrogen and oxygen atoms in total. The minimum Gasteiger partial charge on any atom is -0.310 e. The molecule has 0 amide bonds. The Morgan fingerprint density at radius 2 is 2.00 bits per heavy atom. The molecule has 0 saturated heterocycles. The first-order valence-corrected chi connectivity index (χ1v) is 5.57. The molecule has 0 aromatic heterocycles. The van der Waals surface area contributed by atoms with E-state index in [0.29, 0.717) is 5.92 Å². The maximum Gasteiger partial charge on any atom is 0.141 e. The molecule has 1 aromatic rings. The monoisotopic (exact) mass is 229 g/mol. The topological polar surface area (TPSA) is 12.0 Å². The molecule has 0 radical (unpaired) electrons. The number of halogens is 2. The summed E-state index contributed by atoms with van der Waals surface area (Å²) in [7, 11) is 0. The minimum absolute atomic E-state index is 0.186. The second kappa shape index (κ2) is 5.47. The highest BCUT2D eigenvalue weighted by atomic mass is 35.5. The van der Waals surface area contributed by atoms with Crippen LogP contribution in [0.2, 0.25) is 5.02 Å². The molecule has 1 aromatic carbocycles. The number of hydrogen-bond donors (Lipinski definition) is 1. The molecular formula is C12H17ClFN. The van der Waals surface area contributed by atoms with Crippen molar-refractivity contribution in [1.82, 2.24) is 5.32 Å². The van der Waals surface area contributed by atoms with E-state index in [1.54, 1.807) is 12.1 Å². The van der Waals surface area contributed by atoms with Crippen LogP contribution in [-0.4, -0.2) is 6.54 Å². The largest absolute Gasteiger partial charge is 0.310 e. The van der Waals surface area contributed by atoms with Crippen molar-refractivity contribution in [2.45, 2.75) is 26.8 Å². The highest BCUT2D eigenvalue weighted by Gasteiger charge is 2.08. The third kappa shape index (κ3) is 3.80. The van der Waals surface area contributed by atoms with Crippen molar-refractivity contribution in [1.29, 1.82) is 0 Å². The first-order valence-electron chi connectivity index (χ1n) is 5.19. The van der Waals surface area contributed by atoms with Crippen molar-refractivity contribution in [3.8, 4) is 0 Å². The molecule has 0 fully saturated rings. The highest BCUT2D eigenvalue weighted by Crippen LogP contribution is 2.20. The first-order chi connectivity index (χ1) is 7.00. The number of hydrogen-bond acceptors (Lipinski definition) is 1. The van der Waals surface area contributed by atoms with Gasteiger partial charge in [0.15, 0.2) is 0 Å². The van der Waals surface area contributed by atoms with Gasteiger partial charge in [-0.05, 0) is 37.1 Å². The summed E-state index contributed by atoms with van der Waals surface area (Å²) >= 11 is 5.72. The normalized spacial score (nSPS) is 13.2. The quantitative estimate of drug-likeness (QED) is 0.829. The van der Waals surface area contributed by atoms with Crippen LogP contribution in [0.5, 0.6) is 0 Å². The Balaban J connectivity index is 2.65. The zero-order valence-corrected chi connectivity index (χ0v) is 10.1. The smallest absolute Gasteiger partial charge is 0.141 e. The Labute approximate surface area is 95.6 Å². The molecule has 3 heteroatoms. The van der Waals surface area contributed by atoms with Crippen molar-refractivity contribution in [3.63, 3.8) is 0 Å². The van der Waals surface area contributed by atoms with Gasteiger partial charge in [0, 0.05) is 6.04 Å². The van der Waals surface area contributed by atoms with Gasteiger partial charge in [0.05, 0.1) is 5.02 Å².